The fraction of sp³-hybridized carbons (Fsp3) is 1.00. The van der Waals surface area contributed by atoms with Gasteiger partial charge in [0.1, 0.15) is 0 Å². The van der Waals surface area contributed by atoms with E-state index in [-0.39, 0.29) is 0 Å². The summed E-state index contributed by atoms with van der Waals surface area (Å²) >= 11 is 0. The van der Waals surface area contributed by atoms with Crippen molar-refractivity contribution in [3.8, 4) is 0 Å². The van der Waals surface area contributed by atoms with Gasteiger partial charge in [-0.25, -0.2) is 0 Å². The topological polar surface area (TPSA) is 0 Å². The highest BCUT2D eigenvalue weighted by atomic mass is 14.5. The van der Waals surface area contributed by atoms with Crippen LogP contribution < -0.4 is 0 Å². The normalized spacial score (nSPS) is 31.3. The Morgan fingerprint density at radius 2 is 1.86 bits per heavy atom. The fourth-order valence-corrected chi connectivity index (χ4v) is 3.07. The molecular formula is C14H28. The molecule has 0 amide bonds. The minimum absolute atomic E-state index is 0.566. The van der Waals surface area contributed by atoms with E-state index in [2.05, 4.69) is 41.5 Å². The molecule has 0 heterocycles. The van der Waals surface area contributed by atoms with Crippen LogP contribution in [0.25, 0.3) is 0 Å². The van der Waals surface area contributed by atoms with Crippen LogP contribution in [-0.4, -0.2) is 0 Å². The standard InChI is InChI=1S/C14H28/c1-7-8-13(3,4)10-12-9-11(2)14(12,5)6/h11-12H,7-10H2,1-6H3. The van der Waals surface area contributed by atoms with E-state index in [4.69, 9.17) is 0 Å². The maximum absolute atomic E-state index is 2.45. The van der Waals surface area contributed by atoms with Gasteiger partial charge in [-0.2, -0.15) is 0 Å². The molecule has 0 heteroatoms. The zero-order valence-electron chi connectivity index (χ0n) is 11.0. The molecule has 2 unspecified atom stereocenters. The van der Waals surface area contributed by atoms with Crippen molar-refractivity contribution in [3.05, 3.63) is 0 Å². The Hall–Kier alpha value is 0. The third kappa shape index (κ3) is 2.32. The Bertz CT molecular complexity index is 188. The smallest absolute Gasteiger partial charge is 0.0300 e. The molecule has 0 saturated heterocycles. The highest BCUT2D eigenvalue weighted by Crippen LogP contribution is 2.55. The van der Waals surface area contributed by atoms with Gasteiger partial charge in [0.15, 0.2) is 0 Å². The number of hydrogen-bond acceptors (Lipinski definition) is 0. The van der Waals surface area contributed by atoms with Crippen LogP contribution in [0.3, 0.4) is 0 Å². The minimum Gasteiger partial charge on any atom is -0.0654 e. The Balaban J connectivity index is 2.46. The van der Waals surface area contributed by atoms with Crippen molar-refractivity contribution in [1.29, 1.82) is 0 Å². The molecule has 0 aromatic carbocycles. The maximum atomic E-state index is 2.45. The van der Waals surface area contributed by atoms with Gasteiger partial charge in [-0.3, -0.25) is 0 Å². The molecule has 0 N–H and O–H groups in total. The Morgan fingerprint density at radius 1 is 1.29 bits per heavy atom. The molecular weight excluding hydrogens is 168 g/mol. The largest absolute Gasteiger partial charge is 0.0654 e. The zero-order chi connectivity index (χ0) is 11.0. The average molecular weight is 196 g/mol. The molecule has 0 aliphatic heterocycles. The monoisotopic (exact) mass is 196 g/mol. The molecule has 1 saturated carbocycles. The van der Waals surface area contributed by atoms with Gasteiger partial charge in [0, 0.05) is 0 Å². The van der Waals surface area contributed by atoms with Crippen molar-refractivity contribution in [2.45, 2.75) is 67.2 Å². The van der Waals surface area contributed by atoms with Crippen LogP contribution in [0, 0.1) is 22.7 Å². The summed E-state index contributed by atoms with van der Waals surface area (Å²) in [6.07, 6.45) is 5.60. The summed E-state index contributed by atoms with van der Waals surface area (Å²) in [4.78, 5) is 0. The van der Waals surface area contributed by atoms with Crippen molar-refractivity contribution in [2.24, 2.45) is 22.7 Å². The van der Waals surface area contributed by atoms with Crippen LogP contribution in [0.2, 0.25) is 0 Å². The van der Waals surface area contributed by atoms with Gasteiger partial charge in [-0.15, -0.1) is 0 Å². The molecule has 2 atom stereocenters. The predicted octanol–water partition coefficient (Wildman–Crippen LogP) is 4.89. The van der Waals surface area contributed by atoms with E-state index in [1.54, 1.807) is 0 Å². The van der Waals surface area contributed by atoms with Gasteiger partial charge in [0.2, 0.25) is 0 Å². The second-order valence-corrected chi connectivity index (χ2v) is 6.77. The summed E-state index contributed by atoms with van der Waals surface area (Å²) in [5.41, 5.74) is 1.17. The summed E-state index contributed by atoms with van der Waals surface area (Å²) in [5, 5.41) is 0. The van der Waals surface area contributed by atoms with Crippen molar-refractivity contribution in [2.75, 3.05) is 0 Å². The molecule has 0 spiro atoms. The fourth-order valence-electron chi connectivity index (χ4n) is 3.07. The second-order valence-electron chi connectivity index (χ2n) is 6.77. The van der Waals surface area contributed by atoms with Crippen molar-refractivity contribution < 1.29 is 0 Å². The molecule has 1 aliphatic carbocycles. The van der Waals surface area contributed by atoms with Crippen molar-refractivity contribution >= 4 is 0 Å². The van der Waals surface area contributed by atoms with E-state index in [1.165, 1.54) is 25.7 Å². The van der Waals surface area contributed by atoms with E-state index in [0.717, 1.165) is 11.8 Å². The van der Waals surface area contributed by atoms with Crippen LogP contribution in [0.15, 0.2) is 0 Å². The first-order valence-electron chi connectivity index (χ1n) is 6.29. The van der Waals surface area contributed by atoms with Crippen molar-refractivity contribution in [1.82, 2.24) is 0 Å². The van der Waals surface area contributed by atoms with Crippen molar-refractivity contribution in [3.63, 3.8) is 0 Å². The highest BCUT2D eigenvalue weighted by Gasteiger charge is 2.46. The quantitative estimate of drug-likeness (QED) is 0.601. The van der Waals surface area contributed by atoms with Gasteiger partial charge < -0.3 is 0 Å². The minimum atomic E-state index is 0.566. The molecule has 1 rings (SSSR count). The maximum Gasteiger partial charge on any atom is -0.0300 e. The third-order valence-corrected chi connectivity index (χ3v) is 4.69. The van der Waals surface area contributed by atoms with Crippen LogP contribution in [-0.2, 0) is 0 Å². The lowest BCUT2D eigenvalue weighted by Gasteiger charge is -2.53. The summed E-state index contributed by atoms with van der Waals surface area (Å²) in [6.45, 7) is 14.5. The highest BCUT2D eigenvalue weighted by molar-refractivity contribution is 4.96. The molecule has 1 aliphatic rings. The number of rotatable bonds is 4. The van der Waals surface area contributed by atoms with Crippen LogP contribution in [0.4, 0.5) is 0 Å². The molecule has 0 bridgehead atoms. The molecule has 0 aromatic rings. The zero-order valence-corrected chi connectivity index (χ0v) is 11.0. The molecule has 0 aromatic heterocycles. The lowest BCUT2D eigenvalue weighted by Crippen LogP contribution is -2.45. The Kier molecular flexibility index (Phi) is 3.33. The number of hydrogen-bond donors (Lipinski definition) is 0. The lowest BCUT2D eigenvalue weighted by molar-refractivity contribution is -0.0357. The average Bonchev–Trinajstić information content (AvgIpc) is 2.03. The predicted molar refractivity (Wildman–Crippen MR) is 64.4 cm³/mol. The van der Waals surface area contributed by atoms with Gasteiger partial charge in [-0.05, 0) is 41.9 Å². The van der Waals surface area contributed by atoms with Gasteiger partial charge in [0.05, 0.1) is 0 Å². The molecule has 0 nitrogen and oxygen atoms in total. The summed E-state index contributed by atoms with van der Waals surface area (Å²) in [7, 11) is 0. The van der Waals surface area contributed by atoms with Crippen LogP contribution >= 0.6 is 0 Å². The van der Waals surface area contributed by atoms with Gasteiger partial charge >= 0.3 is 0 Å². The first kappa shape index (κ1) is 12.1. The molecule has 84 valence electrons. The van der Waals surface area contributed by atoms with E-state index in [1.807, 2.05) is 0 Å². The molecule has 0 radical (unpaired) electrons. The first-order valence-corrected chi connectivity index (χ1v) is 6.29. The molecule has 1 fully saturated rings. The van der Waals surface area contributed by atoms with Crippen LogP contribution in [0.5, 0.6) is 0 Å². The van der Waals surface area contributed by atoms with E-state index in [9.17, 15) is 0 Å². The third-order valence-electron chi connectivity index (χ3n) is 4.69. The second kappa shape index (κ2) is 3.87. The molecule has 14 heavy (non-hydrogen) atoms. The van der Waals surface area contributed by atoms with Crippen LogP contribution in [0.1, 0.15) is 67.2 Å². The van der Waals surface area contributed by atoms with E-state index in [0.29, 0.717) is 10.8 Å². The van der Waals surface area contributed by atoms with E-state index >= 15 is 0 Å². The SMILES string of the molecule is CCCC(C)(C)CC1CC(C)C1(C)C. The Morgan fingerprint density at radius 3 is 2.21 bits per heavy atom. The summed E-state index contributed by atoms with van der Waals surface area (Å²) in [5.74, 6) is 1.91. The summed E-state index contributed by atoms with van der Waals surface area (Å²) in [6, 6.07) is 0. The Labute approximate surface area is 90.5 Å². The summed E-state index contributed by atoms with van der Waals surface area (Å²) < 4.78 is 0. The first-order chi connectivity index (χ1) is 6.29. The van der Waals surface area contributed by atoms with Gasteiger partial charge in [-0.1, -0.05) is 48.0 Å². The lowest BCUT2D eigenvalue weighted by atomic mass is 9.52. The van der Waals surface area contributed by atoms with E-state index < -0.39 is 0 Å². The van der Waals surface area contributed by atoms with Gasteiger partial charge in [0.25, 0.3) is 0 Å².